The number of aliphatic carboxylic acids is 1. The molecule has 4 N–H and O–H groups in total. The maximum absolute atomic E-state index is 12.8. The number of nitrogens with zero attached hydrogens (tertiary/aromatic N) is 1. The highest BCUT2D eigenvalue weighted by molar-refractivity contribution is 6.01. The van der Waals surface area contributed by atoms with Crippen molar-refractivity contribution in [2.45, 2.75) is 38.8 Å². The second-order valence-electron chi connectivity index (χ2n) is 10.4. The summed E-state index contributed by atoms with van der Waals surface area (Å²) in [6.07, 6.45) is 9.11. The van der Waals surface area contributed by atoms with E-state index >= 15 is 0 Å². The van der Waals surface area contributed by atoms with Crippen molar-refractivity contribution in [3.63, 3.8) is 0 Å². The van der Waals surface area contributed by atoms with Gasteiger partial charge in [0.15, 0.2) is 0 Å². The van der Waals surface area contributed by atoms with Crippen LogP contribution >= 0.6 is 0 Å². The Morgan fingerprint density at radius 2 is 1.65 bits per heavy atom. The van der Waals surface area contributed by atoms with E-state index in [9.17, 15) is 19.5 Å². The number of para-hydroxylation sites is 1. The monoisotopic (exact) mass is 580 g/mol. The van der Waals surface area contributed by atoms with Crippen LogP contribution in [-0.2, 0) is 15.1 Å². The topological polar surface area (TPSA) is 120 Å². The Morgan fingerprint density at radius 1 is 0.953 bits per heavy atom. The maximum atomic E-state index is 12.8. The van der Waals surface area contributed by atoms with Crippen LogP contribution in [0.25, 0.3) is 0 Å². The molecular weight excluding hydrogens is 544 g/mol. The average molecular weight is 581 g/mol. The van der Waals surface area contributed by atoms with Gasteiger partial charge in [0.25, 0.3) is 0 Å². The zero-order chi connectivity index (χ0) is 31.0. The lowest BCUT2D eigenvalue weighted by Gasteiger charge is -2.33. The molecule has 0 fully saturated rings. The number of methoxy groups -OCH3 is 1. The number of ether oxygens (including phenoxy) is 1. The molecule has 1 aliphatic rings. The number of hydrogen-bond acceptors (Lipinski definition) is 5. The number of rotatable bonds is 10. The van der Waals surface area contributed by atoms with Gasteiger partial charge in [-0.1, -0.05) is 60.7 Å². The standard InChI is InChI=1S/C34H36N4O5/c1-23-11-8-9-15-28(23)35-33(42)36-29-17-16-27(21-31(29)43-4)34(3,37-24(2)39)26-14-10-19-38(20-18-26)30(22-32(40)41)25-12-6-5-7-13-25/h5-21,30H,22H2,1-4H3,(H,37,39)(H,40,41)(H2,35,36,42). The molecular formula is C34H36N4O5. The van der Waals surface area contributed by atoms with Gasteiger partial charge in [-0.3, -0.25) is 9.59 Å². The van der Waals surface area contributed by atoms with Crippen LogP contribution in [0.2, 0.25) is 0 Å². The molecule has 2 atom stereocenters. The number of amides is 3. The molecule has 0 saturated heterocycles. The van der Waals surface area contributed by atoms with Crippen molar-refractivity contribution in [1.29, 1.82) is 0 Å². The van der Waals surface area contributed by atoms with Crippen LogP contribution in [-0.4, -0.2) is 35.0 Å². The molecule has 43 heavy (non-hydrogen) atoms. The lowest BCUT2D eigenvalue weighted by molar-refractivity contribution is -0.138. The predicted molar refractivity (Wildman–Crippen MR) is 168 cm³/mol. The van der Waals surface area contributed by atoms with Crippen molar-refractivity contribution < 1.29 is 24.2 Å². The molecule has 3 amide bonds. The van der Waals surface area contributed by atoms with E-state index in [1.165, 1.54) is 14.0 Å². The summed E-state index contributed by atoms with van der Waals surface area (Å²) in [5.41, 5.74) is 3.43. The van der Waals surface area contributed by atoms with Crippen molar-refractivity contribution in [2.24, 2.45) is 0 Å². The molecule has 9 nitrogen and oxygen atoms in total. The average Bonchev–Trinajstić information content (AvgIpc) is 3.24. The number of allylic oxidation sites excluding steroid dienone is 2. The molecule has 0 aromatic heterocycles. The van der Waals surface area contributed by atoms with Gasteiger partial charge in [0, 0.05) is 25.0 Å². The van der Waals surface area contributed by atoms with Gasteiger partial charge in [0.2, 0.25) is 5.91 Å². The minimum atomic E-state index is -0.993. The van der Waals surface area contributed by atoms with Crippen LogP contribution in [0.3, 0.4) is 0 Å². The van der Waals surface area contributed by atoms with Gasteiger partial charge >= 0.3 is 12.0 Å². The predicted octanol–water partition coefficient (Wildman–Crippen LogP) is 6.48. The van der Waals surface area contributed by atoms with E-state index in [0.717, 1.165) is 16.7 Å². The van der Waals surface area contributed by atoms with Crippen LogP contribution < -0.4 is 20.7 Å². The van der Waals surface area contributed by atoms with Crippen molar-refractivity contribution in [3.05, 3.63) is 126 Å². The Balaban J connectivity index is 1.63. The zero-order valence-electron chi connectivity index (χ0n) is 24.6. The van der Waals surface area contributed by atoms with E-state index in [-0.39, 0.29) is 12.3 Å². The molecule has 1 heterocycles. The van der Waals surface area contributed by atoms with Gasteiger partial charge in [-0.2, -0.15) is 0 Å². The minimum Gasteiger partial charge on any atom is -0.495 e. The number of urea groups is 1. The Bertz CT molecular complexity index is 1580. The summed E-state index contributed by atoms with van der Waals surface area (Å²) in [4.78, 5) is 38.8. The first kappa shape index (κ1) is 30.6. The van der Waals surface area contributed by atoms with Crippen LogP contribution in [0.4, 0.5) is 16.2 Å². The second kappa shape index (κ2) is 13.6. The van der Waals surface area contributed by atoms with Crippen molar-refractivity contribution in [1.82, 2.24) is 10.2 Å². The van der Waals surface area contributed by atoms with E-state index in [1.54, 1.807) is 12.1 Å². The number of anilines is 2. The second-order valence-corrected chi connectivity index (χ2v) is 10.4. The summed E-state index contributed by atoms with van der Waals surface area (Å²) in [6.45, 7) is 5.24. The van der Waals surface area contributed by atoms with Crippen LogP contribution in [0, 0.1) is 6.92 Å². The number of carbonyl (C=O) groups excluding carboxylic acids is 2. The Morgan fingerprint density at radius 3 is 2.33 bits per heavy atom. The molecule has 0 aliphatic carbocycles. The fourth-order valence-electron chi connectivity index (χ4n) is 5.05. The summed E-state index contributed by atoms with van der Waals surface area (Å²) in [6, 6.07) is 21.4. The molecule has 222 valence electrons. The van der Waals surface area contributed by atoms with Gasteiger partial charge in [0.1, 0.15) is 5.75 Å². The van der Waals surface area contributed by atoms with E-state index in [0.29, 0.717) is 22.7 Å². The van der Waals surface area contributed by atoms with Crippen LogP contribution in [0.15, 0.2) is 109 Å². The van der Waals surface area contributed by atoms with Crippen molar-refractivity contribution in [3.8, 4) is 5.75 Å². The van der Waals surface area contributed by atoms with Gasteiger partial charge < -0.3 is 30.7 Å². The summed E-state index contributed by atoms with van der Waals surface area (Å²) in [5.74, 6) is -0.742. The maximum Gasteiger partial charge on any atom is 0.323 e. The molecule has 9 heteroatoms. The molecule has 3 aromatic carbocycles. The summed E-state index contributed by atoms with van der Waals surface area (Å²) in [7, 11) is 1.51. The van der Waals surface area contributed by atoms with E-state index in [4.69, 9.17) is 4.74 Å². The summed E-state index contributed by atoms with van der Waals surface area (Å²) in [5, 5.41) is 18.4. The third-order valence-electron chi connectivity index (χ3n) is 7.30. The highest BCUT2D eigenvalue weighted by atomic mass is 16.5. The van der Waals surface area contributed by atoms with Gasteiger partial charge in [-0.05, 0) is 66.5 Å². The molecule has 1 aliphatic heterocycles. The third-order valence-corrected chi connectivity index (χ3v) is 7.30. The van der Waals surface area contributed by atoms with Crippen molar-refractivity contribution >= 4 is 29.3 Å². The first-order valence-corrected chi connectivity index (χ1v) is 13.8. The lowest BCUT2D eigenvalue weighted by atomic mass is 9.83. The number of nitrogens with one attached hydrogen (secondary N) is 3. The number of carboxylic acid groups (broad SMARTS) is 1. The molecule has 0 saturated carbocycles. The normalized spacial score (nSPS) is 14.5. The SMILES string of the molecule is COc1cc(C(C)(NC(C)=O)C2=CC=CN(C(CC(=O)O)c3ccccc3)C=C2)ccc1NC(=O)Nc1ccccc1C. The third kappa shape index (κ3) is 7.51. The van der Waals surface area contributed by atoms with Gasteiger partial charge in [-0.25, -0.2) is 4.79 Å². The molecule has 4 rings (SSSR count). The van der Waals surface area contributed by atoms with Crippen LogP contribution in [0.5, 0.6) is 5.75 Å². The largest absolute Gasteiger partial charge is 0.495 e. The molecule has 3 aromatic rings. The van der Waals surface area contributed by atoms with Crippen LogP contribution in [0.1, 0.15) is 43.0 Å². The smallest absolute Gasteiger partial charge is 0.323 e. The fourth-order valence-corrected chi connectivity index (χ4v) is 5.05. The lowest BCUT2D eigenvalue weighted by Crippen LogP contribution is -2.43. The summed E-state index contributed by atoms with van der Waals surface area (Å²) < 4.78 is 5.64. The summed E-state index contributed by atoms with van der Waals surface area (Å²) >= 11 is 0. The number of benzene rings is 3. The zero-order valence-corrected chi connectivity index (χ0v) is 24.6. The Hall–Kier alpha value is -5.31. The fraction of sp³-hybridized carbons (Fsp3) is 0.206. The Kier molecular flexibility index (Phi) is 9.67. The molecule has 0 bridgehead atoms. The van der Waals surface area contributed by atoms with Gasteiger partial charge in [0.05, 0.1) is 30.8 Å². The van der Waals surface area contributed by atoms with E-state index in [2.05, 4.69) is 16.0 Å². The quantitative estimate of drug-likeness (QED) is 0.218. The Labute approximate surface area is 251 Å². The minimum absolute atomic E-state index is 0.0972. The molecule has 0 spiro atoms. The number of carboxylic acids is 1. The van der Waals surface area contributed by atoms with E-state index < -0.39 is 23.6 Å². The van der Waals surface area contributed by atoms with Crippen molar-refractivity contribution in [2.75, 3.05) is 17.7 Å². The molecule has 2 unspecified atom stereocenters. The first-order valence-electron chi connectivity index (χ1n) is 13.8. The van der Waals surface area contributed by atoms with Gasteiger partial charge in [-0.15, -0.1) is 0 Å². The molecule has 0 radical (unpaired) electrons. The highest BCUT2D eigenvalue weighted by Crippen LogP contribution is 2.37. The highest BCUT2D eigenvalue weighted by Gasteiger charge is 2.32. The van der Waals surface area contributed by atoms with E-state index in [1.807, 2.05) is 110 Å². The number of hydrogen-bond donors (Lipinski definition) is 4. The number of aryl methyl sites for hydroxylation is 1. The number of carbonyl (C=O) groups is 3. The first-order chi connectivity index (χ1) is 20.6.